The number of aryl methyl sites for hydroxylation is 1. The highest BCUT2D eigenvalue weighted by atomic mass is 79.9. The number of methoxy groups -OCH3 is 1. The normalized spacial score (nSPS) is 13.7. The molecule has 1 amide bonds. The number of nitrogens with one attached hydrogen (secondary N) is 1. The lowest BCUT2D eigenvalue weighted by Gasteiger charge is -2.27. The molecule has 1 atom stereocenters. The summed E-state index contributed by atoms with van der Waals surface area (Å²) in [6, 6.07) is 7.83. The molecule has 4 heteroatoms. The Hall–Kier alpha value is -1.03. The summed E-state index contributed by atoms with van der Waals surface area (Å²) in [4.78, 5) is 11.9. The van der Waals surface area contributed by atoms with Crippen LogP contribution in [0.1, 0.15) is 32.3 Å². The lowest BCUT2D eigenvalue weighted by molar-refractivity contribution is -0.122. The van der Waals surface area contributed by atoms with Gasteiger partial charge in [0.15, 0.2) is 0 Å². The third kappa shape index (κ3) is 5.23. The van der Waals surface area contributed by atoms with Crippen molar-refractivity contribution in [1.29, 1.82) is 0 Å². The fourth-order valence-corrected chi connectivity index (χ4v) is 2.20. The van der Waals surface area contributed by atoms with Gasteiger partial charge >= 0.3 is 0 Å². The Balaban J connectivity index is 2.45. The highest BCUT2D eigenvalue weighted by molar-refractivity contribution is 9.09. The summed E-state index contributed by atoms with van der Waals surface area (Å²) in [7, 11) is 1.65. The number of ether oxygens (including phenoxy) is 1. The van der Waals surface area contributed by atoms with E-state index in [9.17, 15) is 4.79 Å². The van der Waals surface area contributed by atoms with Gasteiger partial charge < -0.3 is 10.1 Å². The fraction of sp³-hybridized carbons (Fsp3) is 0.533. The van der Waals surface area contributed by atoms with Gasteiger partial charge in [-0.2, -0.15) is 0 Å². The molecule has 19 heavy (non-hydrogen) atoms. The van der Waals surface area contributed by atoms with Crippen molar-refractivity contribution in [3.05, 3.63) is 29.8 Å². The Labute approximate surface area is 123 Å². The molecule has 0 aliphatic rings. The summed E-state index contributed by atoms with van der Waals surface area (Å²) in [5.41, 5.74) is 0.991. The number of hydrogen-bond donors (Lipinski definition) is 1. The minimum atomic E-state index is -0.156. The summed E-state index contributed by atoms with van der Waals surface area (Å²) in [5, 5.41) is 3.84. The number of halogens is 1. The molecule has 0 saturated carbocycles. The molecule has 1 aromatic rings. The standard InChI is InChI=1S/C15H22BrNO2/c1-4-15(2,11-16)17-14(18)10-7-12-5-8-13(19-3)9-6-12/h5-6,8-9H,4,7,10-11H2,1-3H3,(H,17,18). The first kappa shape index (κ1) is 16.0. The van der Waals surface area contributed by atoms with Crippen LogP contribution in [0, 0.1) is 0 Å². The first-order chi connectivity index (χ1) is 9.03. The number of rotatable bonds is 7. The summed E-state index contributed by atoms with van der Waals surface area (Å²) in [6.45, 7) is 4.12. The van der Waals surface area contributed by atoms with Gasteiger partial charge in [0.05, 0.1) is 7.11 Å². The van der Waals surface area contributed by atoms with E-state index in [0.717, 1.165) is 29.5 Å². The van der Waals surface area contributed by atoms with Crippen molar-refractivity contribution < 1.29 is 9.53 Å². The van der Waals surface area contributed by atoms with E-state index in [-0.39, 0.29) is 11.4 Å². The van der Waals surface area contributed by atoms with Crippen molar-refractivity contribution in [3.63, 3.8) is 0 Å². The van der Waals surface area contributed by atoms with Crippen molar-refractivity contribution in [2.75, 3.05) is 12.4 Å². The average Bonchev–Trinajstić information content (AvgIpc) is 2.45. The minimum absolute atomic E-state index is 0.0969. The van der Waals surface area contributed by atoms with Crippen LogP contribution in [-0.2, 0) is 11.2 Å². The van der Waals surface area contributed by atoms with Crippen LogP contribution in [0.3, 0.4) is 0 Å². The van der Waals surface area contributed by atoms with Crippen molar-refractivity contribution in [2.45, 2.75) is 38.6 Å². The molecule has 1 unspecified atom stereocenters. The second-order valence-corrected chi connectivity index (χ2v) is 5.50. The van der Waals surface area contributed by atoms with Crippen LogP contribution < -0.4 is 10.1 Å². The van der Waals surface area contributed by atoms with E-state index in [1.165, 1.54) is 0 Å². The van der Waals surface area contributed by atoms with Crippen LogP contribution in [0.15, 0.2) is 24.3 Å². The third-order valence-electron chi connectivity index (χ3n) is 3.32. The zero-order valence-electron chi connectivity index (χ0n) is 11.8. The molecule has 0 radical (unpaired) electrons. The molecular formula is C15H22BrNO2. The monoisotopic (exact) mass is 327 g/mol. The topological polar surface area (TPSA) is 38.3 Å². The molecule has 0 bridgehead atoms. The Morgan fingerprint density at radius 1 is 1.37 bits per heavy atom. The zero-order chi connectivity index (χ0) is 14.3. The molecule has 0 fully saturated rings. The van der Waals surface area contributed by atoms with E-state index >= 15 is 0 Å². The lowest BCUT2D eigenvalue weighted by atomic mass is 10.0. The molecule has 0 aliphatic heterocycles. The van der Waals surface area contributed by atoms with Gasteiger partial charge in [0, 0.05) is 17.3 Å². The van der Waals surface area contributed by atoms with Crippen LogP contribution in [-0.4, -0.2) is 23.9 Å². The zero-order valence-corrected chi connectivity index (χ0v) is 13.4. The minimum Gasteiger partial charge on any atom is -0.497 e. The lowest BCUT2D eigenvalue weighted by Crippen LogP contribution is -2.47. The predicted molar refractivity (Wildman–Crippen MR) is 81.9 cm³/mol. The first-order valence-corrected chi connectivity index (χ1v) is 7.65. The van der Waals surface area contributed by atoms with Crippen LogP contribution in [0.25, 0.3) is 0 Å². The van der Waals surface area contributed by atoms with Crippen molar-refractivity contribution in [2.24, 2.45) is 0 Å². The van der Waals surface area contributed by atoms with Gasteiger partial charge in [-0.15, -0.1) is 0 Å². The molecule has 3 nitrogen and oxygen atoms in total. The van der Waals surface area contributed by atoms with Gasteiger partial charge in [-0.05, 0) is 37.5 Å². The van der Waals surface area contributed by atoms with Crippen LogP contribution in [0.2, 0.25) is 0 Å². The average molecular weight is 328 g/mol. The number of carbonyl (C=O) groups is 1. The molecule has 0 spiro atoms. The molecule has 0 saturated heterocycles. The van der Waals surface area contributed by atoms with E-state index in [1.807, 2.05) is 31.2 Å². The van der Waals surface area contributed by atoms with Gasteiger partial charge in [-0.25, -0.2) is 0 Å². The van der Waals surface area contributed by atoms with E-state index in [2.05, 4.69) is 28.2 Å². The molecule has 0 aliphatic carbocycles. The van der Waals surface area contributed by atoms with Gasteiger partial charge in [0.1, 0.15) is 5.75 Å². The largest absolute Gasteiger partial charge is 0.497 e. The number of alkyl halides is 1. The van der Waals surface area contributed by atoms with E-state index in [0.29, 0.717) is 6.42 Å². The summed E-state index contributed by atoms with van der Waals surface area (Å²) in [5.74, 6) is 0.936. The van der Waals surface area contributed by atoms with Gasteiger partial charge in [-0.3, -0.25) is 4.79 Å². The second kappa shape index (κ2) is 7.53. The molecule has 1 N–H and O–H groups in total. The maximum atomic E-state index is 11.9. The van der Waals surface area contributed by atoms with E-state index in [1.54, 1.807) is 7.11 Å². The highest BCUT2D eigenvalue weighted by Gasteiger charge is 2.22. The molecule has 0 heterocycles. The summed E-state index contributed by atoms with van der Waals surface area (Å²) < 4.78 is 5.11. The quantitative estimate of drug-likeness (QED) is 0.780. The van der Waals surface area contributed by atoms with Crippen LogP contribution in [0.4, 0.5) is 0 Å². The maximum Gasteiger partial charge on any atom is 0.220 e. The predicted octanol–water partition coefficient (Wildman–Crippen LogP) is 3.31. The Kier molecular flexibility index (Phi) is 6.35. The van der Waals surface area contributed by atoms with Gasteiger partial charge in [0.25, 0.3) is 0 Å². The summed E-state index contributed by atoms with van der Waals surface area (Å²) >= 11 is 3.44. The Morgan fingerprint density at radius 2 is 2.00 bits per heavy atom. The highest BCUT2D eigenvalue weighted by Crippen LogP contribution is 2.14. The molecule has 1 rings (SSSR count). The van der Waals surface area contributed by atoms with Crippen LogP contribution in [0.5, 0.6) is 5.75 Å². The SMILES string of the molecule is CCC(C)(CBr)NC(=O)CCc1ccc(OC)cc1. The second-order valence-electron chi connectivity index (χ2n) is 4.94. The molecular weight excluding hydrogens is 306 g/mol. The first-order valence-electron chi connectivity index (χ1n) is 6.53. The van der Waals surface area contributed by atoms with Crippen molar-refractivity contribution >= 4 is 21.8 Å². The fourth-order valence-electron chi connectivity index (χ4n) is 1.67. The van der Waals surface area contributed by atoms with Crippen LogP contribution >= 0.6 is 15.9 Å². The third-order valence-corrected chi connectivity index (χ3v) is 4.55. The van der Waals surface area contributed by atoms with Gasteiger partial charge in [-0.1, -0.05) is 35.0 Å². The molecule has 0 aromatic heterocycles. The number of amides is 1. The maximum absolute atomic E-state index is 11.9. The summed E-state index contributed by atoms with van der Waals surface area (Å²) in [6.07, 6.45) is 2.17. The molecule has 1 aromatic carbocycles. The molecule has 106 valence electrons. The number of carbonyl (C=O) groups excluding carboxylic acids is 1. The number of hydrogen-bond acceptors (Lipinski definition) is 2. The van der Waals surface area contributed by atoms with E-state index in [4.69, 9.17) is 4.74 Å². The number of benzene rings is 1. The van der Waals surface area contributed by atoms with Crippen molar-refractivity contribution in [3.8, 4) is 5.75 Å². The van der Waals surface area contributed by atoms with Crippen molar-refractivity contribution in [1.82, 2.24) is 5.32 Å². The van der Waals surface area contributed by atoms with Gasteiger partial charge in [0.2, 0.25) is 5.91 Å². The van der Waals surface area contributed by atoms with E-state index < -0.39 is 0 Å². The smallest absolute Gasteiger partial charge is 0.220 e. The Morgan fingerprint density at radius 3 is 2.47 bits per heavy atom. The Bertz CT molecular complexity index is 399.